The summed E-state index contributed by atoms with van der Waals surface area (Å²) >= 11 is 0. The van der Waals surface area contributed by atoms with Crippen molar-refractivity contribution < 1.29 is 15.3 Å². The summed E-state index contributed by atoms with van der Waals surface area (Å²) < 4.78 is 0. The summed E-state index contributed by atoms with van der Waals surface area (Å²) in [5.41, 5.74) is 0. The monoisotopic (exact) mass is 234 g/mol. The van der Waals surface area contributed by atoms with Crippen LogP contribution in [-0.4, -0.2) is 34.6 Å². The van der Waals surface area contributed by atoms with E-state index in [0.717, 1.165) is 6.42 Å². The molecule has 0 aromatic rings. The lowest BCUT2D eigenvalue weighted by Gasteiger charge is -2.04. The van der Waals surface area contributed by atoms with Gasteiger partial charge in [-0.1, -0.05) is 24.0 Å². The zero-order valence-electron chi connectivity index (χ0n) is 9.76. The summed E-state index contributed by atoms with van der Waals surface area (Å²) in [4.78, 5) is 0. The molecule has 0 aromatic heterocycles. The molecule has 3 N–H and O–H groups in total. The molecule has 0 fully saturated rings. The fourth-order valence-corrected chi connectivity index (χ4v) is 0.991. The van der Waals surface area contributed by atoms with Crippen LogP contribution < -0.4 is 0 Å². The summed E-state index contributed by atoms with van der Waals surface area (Å²) in [7, 11) is 0. The molecule has 92 valence electrons. The highest BCUT2D eigenvalue weighted by Gasteiger charge is 1.99. The smallest absolute Gasteiger partial charge is 0.0621 e. The molecule has 0 aromatic carbocycles. The Morgan fingerprint density at radius 1 is 0.941 bits per heavy atom. The van der Waals surface area contributed by atoms with Crippen LogP contribution in [0.5, 0.6) is 0 Å². The van der Waals surface area contributed by atoms with Crippen LogP contribution in [0, 0.1) is 23.7 Å². The van der Waals surface area contributed by atoms with Gasteiger partial charge in [0.25, 0.3) is 0 Å². The van der Waals surface area contributed by atoms with Gasteiger partial charge in [0, 0.05) is 6.61 Å². The average molecular weight is 234 g/mol. The van der Waals surface area contributed by atoms with E-state index in [2.05, 4.69) is 23.7 Å². The fourth-order valence-electron chi connectivity index (χ4n) is 0.991. The molecule has 3 nitrogen and oxygen atoms in total. The van der Waals surface area contributed by atoms with Crippen molar-refractivity contribution in [3.8, 4) is 23.7 Å². The van der Waals surface area contributed by atoms with Gasteiger partial charge in [0.2, 0.25) is 0 Å². The van der Waals surface area contributed by atoms with E-state index >= 15 is 0 Å². The second-order valence-electron chi connectivity index (χ2n) is 3.27. The molecule has 0 heterocycles. The summed E-state index contributed by atoms with van der Waals surface area (Å²) in [6.45, 7) is -0.000187. The Bertz CT molecular complexity index is 347. The minimum absolute atomic E-state index is 0.0155. The summed E-state index contributed by atoms with van der Waals surface area (Å²) in [6.07, 6.45) is 7.96. The van der Waals surface area contributed by atoms with Gasteiger partial charge >= 0.3 is 0 Å². The van der Waals surface area contributed by atoms with Gasteiger partial charge in [0.05, 0.1) is 12.7 Å². The molecule has 0 radical (unpaired) electrons. The maximum atomic E-state index is 9.29. The first kappa shape index (κ1) is 15.5. The maximum absolute atomic E-state index is 9.29. The Kier molecular flexibility index (Phi) is 11.4. The van der Waals surface area contributed by atoms with Crippen LogP contribution in [-0.2, 0) is 0 Å². The predicted octanol–water partition coefficient (Wildman–Crippen LogP) is 0.621. The predicted molar refractivity (Wildman–Crippen MR) is 67.9 cm³/mol. The van der Waals surface area contributed by atoms with Gasteiger partial charge in [-0.05, 0) is 43.3 Å². The summed E-state index contributed by atoms with van der Waals surface area (Å²) in [5.74, 6) is 10.6. The molecule has 0 saturated heterocycles. The third-order valence-electron chi connectivity index (χ3n) is 1.84. The van der Waals surface area contributed by atoms with E-state index in [1.165, 1.54) is 6.08 Å². The first-order chi connectivity index (χ1) is 8.31. The number of hydrogen-bond acceptors (Lipinski definition) is 3. The molecule has 0 aliphatic rings. The molecule has 0 aliphatic carbocycles. The summed E-state index contributed by atoms with van der Waals surface area (Å²) in [5, 5.41) is 26.3. The number of hydrogen-bond donors (Lipinski definition) is 3. The van der Waals surface area contributed by atoms with Crippen molar-refractivity contribution in [3.05, 3.63) is 24.3 Å². The molecular formula is C14H18O3. The van der Waals surface area contributed by atoms with Crippen LogP contribution in [0.15, 0.2) is 24.3 Å². The van der Waals surface area contributed by atoms with Gasteiger partial charge in [0.15, 0.2) is 0 Å². The van der Waals surface area contributed by atoms with Crippen molar-refractivity contribution in [1.82, 2.24) is 0 Å². The van der Waals surface area contributed by atoms with Gasteiger partial charge in [-0.2, -0.15) is 0 Å². The zero-order chi connectivity index (χ0) is 12.8. The molecule has 0 spiro atoms. The van der Waals surface area contributed by atoms with E-state index in [1.807, 2.05) is 6.08 Å². The minimum Gasteiger partial charge on any atom is -0.396 e. The molecule has 1 unspecified atom stereocenters. The van der Waals surface area contributed by atoms with Crippen molar-refractivity contribution in [2.75, 3.05) is 13.2 Å². The molecule has 1 atom stereocenters. The Hall–Kier alpha value is -1.52. The second kappa shape index (κ2) is 12.5. The van der Waals surface area contributed by atoms with E-state index in [9.17, 15) is 5.11 Å². The Morgan fingerprint density at radius 2 is 1.59 bits per heavy atom. The molecule has 0 bridgehead atoms. The van der Waals surface area contributed by atoms with Gasteiger partial charge in [-0.15, -0.1) is 0 Å². The first-order valence-corrected chi connectivity index (χ1v) is 5.52. The van der Waals surface area contributed by atoms with Gasteiger partial charge in [-0.25, -0.2) is 0 Å². The van der Waals surface area contributed by atoms with Gasteiger partial charge in [0.1, 0.15) is 0 Å². The van der Waals surface area contributed by atoms with Crippen molar-refractivity contribution in [2.45, 2.75) is 25.4 Å². The topological polar surface area (TPSA) is 60.7 Å². The lowest BCUT2D eigenvalue weighted by Crippen LogP contribution is -2.07. The van der Waals surface area contributed by atoms with Crippen molar-refractivity contribution in [2.24, 2.45) is 0 Å². The number of rotatable bonds is 6. The number of aliphatic hydroxyl groups is 3. The standard InChI is InChI=1S/C14H18O3/c15-12-9-7-5-3-1-2-4-6-8-10-14(17)11-13-16/h4,6-7,9,14-17H,8,10-13H2. The molecular weight excluding hydrogens is 216 g/mol. The molecule has 0 saturated carbocycles. The van der Waals surface area contributed by atoms with E-state index < -0.39 is 6.10 Å². The van der Waals surface area contributed by atoms with Crippen LogP contribution in [0.1, 0.15) is 19.3 Å². The minimum atomic E-state index is -0.444. The third kappa shape index (κ3) is 12.4. The van der Waals surface area contributed by atoms with Crippen molar-refractivity contribution in [3.63, 3.8) is 0 Å². The lowest BCUT2D eigenvalue weighted by molar-refractivity contribution is 0.126. The van der Waals surface area contributed by atoms with E-state index in [-0.39, 0.29) is 13.2 Å². The third-order valence-corrected chi connectivity index (χ3v) is 1.84. The van der Waals surface area contributed by atoms with E-state index in [4.69, 9.17) is 10.2 Å². The van der Waals surface area contributed by atoms with Crippen molar-refractivity contribution >= 4 is 0 Å². The second-order valence-corrected chi connectivity index (χ2v) is 3.27. The van der Waals surface area contributed by atoms with Gasteiger partial charge < -0.3 is 15.3 Å². The Balaban J connectivity index is 3.69. The first-order valence-electron chi connectivity index (χ1n) is 5.52. The van der Waals surface area contributed by atoms with Crippen molar-refractivity contribution in [1.29, 1.82) is 0 Å². The van der Waals surface area contributed by atoms with Crippen LogP contribution in [0.4, 0.5) is 0 Å². The maximum Gasteiger partial charge on any atom is 0.0621 e. The van der Waals surface area contributed by atoms with Crippen LogP contribution >= 0.6 is 0 Å². The van der Waals surface area contributed by atoms with Crippen LogP contribution in [0.3, 0.4) is 0 Å². The zero-order valence-corrected chi connectivity index (χ0v) is 9.76. The Morgan fingerprint density at radius 3 is 2.18 bits per heavy atom. The number of allylic oxidation sites excluding steroid dienone is 3. The van der Waals surface area contributed by atoms with Crippen LogP contribution in [0.2, 0.25) is 0 Å². The highest BCUT2D eigenvalue weighted by molar-refractivity contribution is 5.33. The SMILES string of the molecule is OCC=CC#CC#CC=CCCC(O)CCO. The quantitative estimate of drug-likeness (QED) is 0.590. The average Bonchev–Trinajstić information content (AvgIpc) is 2.32. The largest absolute Gasteiger partial charge is 0.396 e. The molecule has 17 heavy (non-hydrogen) atoms. The molecule has 0 aliphatic heterocycles. The highest BCUT2D eigenvalue weighted by Crippen LogP contribution is 2.01. The molecule has 3 heteroatoms. The normalized spacial score (nSPS) is 11.9. The highest BCUT2D eigenvalue weighted by atomic mass is 16.3. The summed E-state index contributed by atoms with van der Waals surface area (Å²) in [6, 6.07) is 0. The molecule has 0 rings (SSSR count). The number of aliphatic hydroxyl groups excluding tert-OH is 3. The fraction of sp³-hybridized carbons (Fsp3) is 0.429. The molecule has 0 amide bonds. The lowest BCUT2D eigenvalue weighted by atomic mass is 10.1. The van der Waals surface area contributed by atoms with Gasteiger partial charge in [-0.3, -0.25) is 0 Å². The Labute approximate surface area is 102 Å². The van der Waals surface area contributed by atoms with Crippen LogP contribution in [0.25, 0.3) is 0 Å². The van der Waals surface area contributed by atoms with E-state index in [1.54, 1.807) is 12.2 Å². The van der Waals surface area contributed by atoms with E-state index in [0.29, 0.717) is 12.8 Å².